The van der Waals surface area contributed by atoms with Crippen molar-refractivity contribution in [2.45, 2.75) is 4.90 Å². The molecule has 28 heavy (non-hydrogen) atoms. The summed E-state index contributed by atoms with van der Waals surface area (Å²) in [5.41, 5.74) is 0.129. The van der Waals surface area contributed by atoms with Crippen LogP contribution in [0.15, 0.2) is 77.7 Å². The fraction of sp³-hybridized carbons (Fsp3) is 0.0500. The molecule has 0 radical (unpaired) electrons. The van der Waals surface area contributed by atoms with E-state index in [1.165, 1.54) is 31.3 Å². The Kier molecular flexibility index (Phi) is 5.41. The Balaban J connectivity index is 1.88. The number of sulfonamides is 1. The summed E-state index contributed by atoms with van der Waals surface area (Å²) >= 11 is 0. The van der Waals surface area contributed by atoms with E-state index < -0.39 is 33.1 Å². The monoisotopic (exact) mass is 402 g/mol. The van der Waals surface area contributed by atoms with Gasteiger partial charge in [-0.3, -0.25) is 9.10 Å². The molecule has 0 saturated heterocycles. The number of halogens is 2. The molecule has 3 rings (SSSR count). The number of rotatable bonds is 5. The van der Waals surface area contributed by atoms with Crippen molar-refractivity contribution in [1.29, 1.82) is 0 Å². The standard InChI is InChI=1S/C20H16F2N2O3S/c1-24(16-7-3-2-4-8-16)28(26,27)17-9-5-6-15(13-17)23-20(25)18-12-14(21)10-11-19(18)22/h2-13H,1H3,(H,23,25). The van der Waals surface area contributed by atoms with Gasteiger partial charge >= 0.3 is 0 Å². The first kappa shape index (κ1) is 19.5. The largest absolute Gasteiger partial charge is 0.322 e. The molecule has 0 atom stereocenters. The van der Waals surface area contributed by atoms with Gasteiger partial charge in [0.15, 0.2) is 0 Å². The van der Waals surface area contributed by atoms with Crippen LogP contribution in [0.25, 0.3) is 0 Å². The quantitative estimate of drug-likeness (QED) is 0.700. The van der Waals surface area contributed by atoms with Gasteiger partial charge in [-0.05, 0) is 48.5 Å². The lowest BCUT2D eigenvalue weighted by atomic mass is 10.2. The summed E-state index contributed by atoms with van der Waals surface area (Å²) in [5, 5.41) is 2.39. The van der Waals surface area contributed by atoms with Gasteiger partial charge < -0.3 is 5.32 Å². The summed E-state index contributed by atoms with van der Waals surface area (Å²) in [6, 6.07) is 16.6. The van der Waals surface area contributed by atoms with Gasteiger partial charge in [-0.25, -0.2) is 17.2 Å². The summed E-state index contributed by atoms with van der Waals surface area (Å²) in [6.07, 6.45) is 0. The third-order valence-corrected chi connectivity index (χ3v) is 5.82. The molecule has 1 amide bonds. The Morgan fingerprint density at radius 3 is 2.36 bits per heavy atom. The smallest absolute Gasteiger partial charge is 0.264 e. The minimum Gasteiger partial charge on any atom is -0.322 e. The number of amides is 1. The molecule has 0 aliphatic rings. The lowest BCUT2D eigenvalue weighted by Crippen LogP contribution is -2.26. The molecule has 0 saturated carbocycles. The molecular weight excluding hydrogens is 386 g/mol. The van der Waals surface area contributed by atoms with Gasteiger partial charge in [0.25, 0.3) is 15.9 Å². The molecule has 0 fully saturated rings. The van der Waals surface area contributed by atoms with Gasteiger partial charge in [-0.15, -0.1) is 0 Å². The molecule has 1 N–H and O–H groups in total. The molecule has 0 unspecified atom stereocenters. The molecule has 0 aliphatic carbocycles. The van der Waals surface area contributed by atoms with E-state index in [0.29, 0.717) is 5.69 Å². The summed E-state index contributed by atoms with van der Waals surface area (Å²) in [5.74, 6) is -2.53. The van der Waals surface area contributed by atoms with Crippen LogP contribution in [0, 0.1) is 11.6 Å². The Morgan fingerprint density at radius 1 is 0.929 bits per heavy atom. The number of benzene rings is 3. The van der Waals surface area contributed by atoms with E-state index in [2.05, 4.69) is 5.32 Å². The number of carbonyl (C=O) groups is 1. The predicted molar refractivity (Wildman–Crippen MR) is 103 cm³/mol. The lowest BCUT2D eigenvalue weighted by molar-refractivity contribution is 0.102. The van der Waals surface area contributed by atoms with Crippen LogP contribution < -0.4 is 9.62 Å². The minimum absolute atomic E-state index is 0.0589. The molecule has 0 aromatic heterocycles. The van der Waals surface area contributed by atoms with Gasteiger partial charge in [-0.2, -0.15) is 0 Å². The third kappa shape index (κ3) is 4.01. The van der Waals surface area contributed by atoms with Gasteiger partial charge in [0.05, 0.1) is 16.1 Å². The molecule has 3 aromatic carbocycles. The van der Waals surface area contributed by atoms with Crippen molar-refractivity contribution in [3.8, 4) is 0 Å². The number of nitrogens with one attached hydrogen (secondary N) is 1. The van der Waals surface area contributed by atoms with E-state index >= 15 is 0 Å². The number of anilines is 2. The van der Waals surface area contributed by atoms with Crippen LogP contribution in [0.4, 0.5) is 20.2 Å². The molecule has 3 aromatic rings. The van der Waals surface area contributed by atoms with E-state index in [-0.39, 0.29) is 10.6 Å². The highest BCUT2D eigenvalue weighted by molar-refractivity contribution is 7.92. The van der Waals surface area contributed by atoms with Crippen LogP contribution >= 0.6 is 0 Å². The van der Waals surface area contributed by atoms with Gasteiger partial charge in [-0.1, -0.05) is 24.3 Å². The van der Waals surface area contributed by atoms with Gasteiger partial charge in [0.1, 0.15) is 11.6 Å². The summed E-state index contributed by atoms with van der Waals surface area (Å²) in [6.45, 7) is 0. The highest BCUT2D eigenvalue weighted by atomic mass is 32.2. The van der Waals surface area contributed by atoms with Gasteiger partial charge in [0.2, 0.25) is 0 Å². The molecular formula is C20H16F2N2O3S. The lowest BCUT2D eigenvalue weighted by Gasteiger charge is -2.20. The summed E-state index contributed by atoms with van der Waals surface area (Å²) < 4.78 is 53.8. The Labute approximate surface area is 161 Å². The topological polar surface area (TPSA) is 66.5 Å². The highest BCUT2D eigenvalue weighted by Crippen LogP contribution is 2.24. The van der Waals surface area contributed by atoms with E-state index in [1.807, 2.05) is 0 Å². The summed E-state index contributed by atoms with van der Waals surface area (Å²) in [7, 11) is -2.47. The predicted octanol–water partition coefficient (Wildman–Crippen LogP) is 4.04. The van der Waals surface area contributed by atoms with Crippen molar-refractivity contribution < 1.29 is 22.0 Å². The van der Waals surface area contributed by atoms with Crippen LogP contribution in [0.2, 0.25) is 0 Å². The third-order valence-electron chi connectivity index (χ3n) is 4.04. The van der Waals surface area contributed by atoms with E-state index in [0.717, 1.165) is 22.5 Å². The van der Waals surface area contributed by atoms with E-state index in [1.54, 1.807) is 30.3 Å². The maximum absolute atomic E-state index is 13.8. The van der Waals surface area contributed by atoms with Crippen LogP contribution in [0.3, 0.4) is 0 Å². The van der Waals surface area contributed by atoms with E-state index in [4.69, 9.17) is 0 Å². The van der Waals surface area contributed by atoms with Gasteiger partial charge in [0, 0.05) is 12.7 Å². The zero-order valence-corrected chi connectivity index (χ0v) is 15.6. The maximum Gasteiger partial charge on any atom is 0.264 e. The number of hydrogen-bond acceptors (Lipinski definition) is 3. The average molecular weight is 402 g/mol. The van der Waals surface area contributed by atoms with Crippen molar-refractivity contribution in [1.82, 2.24) is 0 Å². The van der Waals surface area contributed by atoms with E-state index in [9.17, 15) is 22.0 Å². The molecule has 0 heterocycles. The van der Waals surface area contributed by atoms with Crippen LogP contribution in [-0.4, -0.2) is 21.4 Å². The van der Waals surface area contributed by atoms with Crippen LogP contribution in [0.1, 0.15) is 10.4 Å². The first-order valence-corrected chi connectivity index (χ1v) is 9.63. The summed E-state index contributed by atoms with van der Waals surface area (Å²) in [4.78, 5) is 12.2. The molecule has 0 spiro atoms. The first-order chi connectivity index (χ1) is 13.3. The fourth-order valence-corrected chi connectivity index (χ4v) is 3.78. The second-order valence-electron chi connectivity index (χ2n) is 5.91. The zero-order chi connectivity index (χ0) is 20.3. The van der Waals surface area contributed by atoms with Crippen molar-refractivity contribution >= 4 is 27.3 Å². The number of hydrogen-bond donors (Lipinski definition) is 1. The SMILES string of the molecule is CN(c1ccccc1)S(=O)(=O)c1cccc(NC(=O)c2cc(F)ccc2F)c1. The first-order valence-electron chi connectivity index (χ1n) is 8.19. The Morgan fingerprint density at radius 2 is 1.64 bits per heavy atom. The normalized spacial score (nSPS) is 11.1. The number of nitrogens with zero attached hydrogens (tertiary/aromatic N) is 1. The molecule has 0 aliphatic heterocycles. The van der Waals surface area contributed by atoms with Crippen molar-refractivity contribution in [2.75, 3.05) is 16.7 Å². The highest BCUT2D eigenvalue weighted by Gasteiger charge is 2.22. The van der Waals surface area contributed by atoms with Crippen molar-refractivity contribution in [3.63, 3.8) is 0 Å². The second-order valence-corrected chi connectivity index (χ2v) is 7.88. The molecule has 8 heteroatoms. The van der Waals surface area contributed by atoms with Crippen LogP contribution in [0.5, 0.6) is 0 Å². The van der Waals surface area contributed by atoms with Crippen LogP contribution in [-0.2, 0) is 10.0 Å². The fourth-order valence-electron chi connectivity index (χ4n) is 2.54. The zero-order valence-electron chi connectivity index (χ0n) is 14.8. The molecule has 144 valence electrons. The number of carbonyl (C=O) groups excluding carboxylic acids is 1. The minimum atomic E-state index is -3.88. The maximum atomic E-state index is 13.8. The Bertz CT molecular complexity index is 1120. The van der Waals surface area contributed by atoms with Crippen molar-refractivity contribution in [2.24, 2.45) is 0 Å². The average Bonchev–Trinajstić information content (AvgIpc) is 2.70. The Hall–Kier alpha value is -3.26. The van der Waals surface area contributed by atoms with Crippen molar-refractivity contribution in [3.05, 3.63) is 90.0 Å². The second kappa shape index (κ2) is 7.77. The molecule has 0 bridgehead atoms. The number of para-hydroxylation sites is 1. The molecule has 5 nitrogen and oxygen atoms in total.